The Morgan fingerprint density at radius 3 is 2.81 bits per heavy atom. The van der Waals surface area contributed by atoms with Gasteiger partial charge in [0.25, 0.3) is 0 Å². The normalized spacial score (nSPS) is 20.6. The van der Waals surface area contributed by atoms with E-state index in [0.717, 1.165) is 6.42 Å². The lowest BCUT2D eigenvalue weighted by atomic mass is 10.2. The van der Waals surface area contributed by atoms with Crippen LogP contribution in [0.25, 0.3) is 0 Å². The fourth-order valence-corrected chi connectivity index (χ4v) is 1.69. The lowest BCUT2D eigenvalue weighted by Crippen LogP contribution is -2.55. The Labute approximate surface area is 96.1 Å². The molecular weight excluding hydrogens is 208 g/mol. The Morgan fingerprint density at radius 2 is 2.19 bits per heavy atom. The van der Waals surface area contributed by atoms with Crippen molar-refractivity contribution in [3.05, 3.63) is 0 Å². The first-order chi connectivity index (χ1) is 7.70. The van der Waals surface area contributed by atoms with Crippen LogP contribution in [0.1, 0.15) is 26.7 Å². The molecule has 1 rings (SSSR count). The highest BCUT2D eigenvalue weighted by Gasteiger charge is 2.31. The van der Waals surface area contributed by atoms with Crippen LogP contribution in [0.4, 0.5) is 0 Å². The number of ether oxygens (including phenoxy) is 1. The third kappa shape index (κ3) is 3.20. The number of nitrogens with zero attached hydrogens (tertiary/aromatic N) is 1. The van der Waals surface area contributed by atoms with Crippen molar-refractivity contribution in [1.29, 1.82) is 0 Å². The van der Waals surface area contributed by atoms with Gasteiger partial charge in [0.1, 0.15) is 6.04 Å². The van der Waals surface area contributed by atoms with Gasteiger partial charge in [0.2, 0.25) is 11.8 Å². The molecule has 1 aliphatic heterocycles. The largest absolute Gasteiger partial charge is 0.377 e. The number of carbonyl (C=O) groups excluding carboxylic acids is 2. The maximum Gasteiger partial charge on any atom is 0.245 e. The first kappa shape index (κ1) is 13.0. The average molecular weight is 228 g/mol. The van der Waals surface area contributed by atoms with Crippen LogP contribution in [0, 0.1) is 0 Å². The van der Waals surface area contributed by atoms with Crippen molar-refractivity contribution in [2.75, 3.05) is 26.3 Å². The number of nitrogens with one attached hydrogen (secondary N) is 1. The minimum atomic E-state index is -0.451. The van der Waals surface area contributed by atoms with Crippen molar-refractivity contribution in [3.8, 4) is 0 Å². The van der Waals surface area contributed by atoms with E-state index in [2.05, 4.69) is 5.32 Å². The molecule has 0 radical (unpaired) electrons. The molecule has 1 N–H and O–H groups in total. The maximum absolute atomic E-state index is 11.8. The highest BCUT2D eigenvalue weighted by atomic mass is 16.5. The molecule has 1 heterocycles. The monoisotopic (exact) mass is 228 g/mol. The second-order valence-corrected chi connectivity index (χ2v) is 3.82. The zero-order valence-electron chi connectivity index (χ0n) is 9.99. The Morgan fingerprint density at radius 1 is 1.44 bits per heavy atom. The van der Waals surface area contributed by atoms with E-state index in [-0.39, 0.29) is 11.8 Å². The Balaban J connectivity index is 2.59. The van der Waals surface area contributed by atoms with Crippen molar-refractivity contribution in [2.45, 2.75) is 32.7 Å². The SMILES string of the molecule is CCCNC(=O)C1COCCN1C(=O)CC. The standard InChI is InChI=1S/C11H20N2O3/c1-3-5-12-11(15)9-8-16-7-6-13(9)10(14)4-2/h9H,3-8H2,1-2H3,(H,12,15). The van der Waals surface area contributed by atoms with E-state index in [0.29, 0.717) is 32.7 Å². The van der Waals surface area contributed by atoms with E-state index in [1.54, 1.807) is 11.8 Å². The van der Waals surface area contributed by atoms with Crippen molar-refractivity contribution in [3.63, 3.8) is 0 Å². The zero-order chi connectivity index (χ0) is 12.0. The molecule has 0 aromatic carbocycles. The number of morpholine rings is 1. The summed E-state index contributed by atoms with van der Waals surface area (Å²) in [7, 11) is 0. The molecule has 1 unspecified atom stereocenters. The molecule has 5 nitrogen and oxygen atoms in total. The van der Waals surface area contributed by atoms with Crippen LogP contribution in [0.2, 0.25) is 0 Å². The van der Waals surface area contributed by atoms with Crippen molar-refractivity contribution < 1.29 is 14.3 Å². The quantitative estimate of drug-likeness (QED) is 0.745. The molecule has 0 aromatic heterocycles. The fourth-order valence-electron chi connectivity index (χ4n) is 1.69. The van der Waals surface area contributed by atoms with Crippen LogP contribution < -0.4 is 5.32 Å². The summed E-state index contributed by atoms with van der Waals surface area (Å²) in [4.78, 5) is 25.1. The summed E-state index contributed by atoms with van der Waals surface area (Å²) in [6.45, 7) is 5.77. The number of carbonyl (C=O) groups is 2. The number of hydrogen-bond donors (Lipinski definition) is 1. The third-order valence-electron chi connectivity index (χ3n) is 2.60. The molecule has 1 fully saturated rings. The van der Waals surface area contributed by atoms with Crippen LogP contribution in [0.3, 0.4) is 0 Å². The van der Waals surface area contributed by atoms with Gasteiger partial charge in [0.05, 0.1) is 13.2 Å². The van der Waals surface area contributed by atoms with E-state index in [1.165, 1.54) is 0 Å². The highest BCUT2D eigenvalue weighted by Crippen LogP contribution is 2.09. The number of rotatable bonds is 4. The van der Waals surface area contributed by atoms with Crippen LogP contribution in [-0.4, -0.2) is 49.1 Å². The molecule has 2 amide bonds. The first-order valence-corrected chi connectivity index (χ1v) is 5.85. The molecule has 0 spiro atoms. The lowest BCUT2D eigenvalue weighted by molar-refractivity contribution is -0.148. The van der Waals surface area contributed by atoms with Crippen molar-refractivity contribution in [2.24, 2.45) is 0 Å². The molecule has 0 aromatic rings. The minimum absolute atomic E-state index is 0.0138. The number of amides is 2. The maximum atomic E-state index is 11.8. The predicted molar refractivity (Wildman–Crippen MR) is 59.9 cm³/mol. The Kier molecular flexibility index (Phi) is 5.25. The molecule has 0 saturated carbocycles. The van der Waals surface area contributed by atoms with Gasteiger partial charge >= 0.3 is 0 Å². The fraction of sp³-hybridized carbons (Fsp3) is 0.818. The molecular formula is C11H20N2O3. The Hall–Kier alpha value is -1.10. The van der Waals surface area contributed by atoms with E-state index in [9.17, 15) is 9.59 Å². The van der Waals surface area contributed by atoms with Gasteiger partial charge in [-0.05, 0) is 6.42 Å². The first-order valence-electron chi connectivity index (χ1n) is 5.85. The highest BCUT2D eigenvalue weighted by molar-refractivity contribution is 5.87. The molecule has 1 aliphatic rings. The summed E-state index contributed by atoms with van der Waals surface area (Å²) < 4.78 is 5.25. The summed E-state index contributed by atoms with van der Waals surface area (Å²) in [6.07, 6.45) is 1.32. The second-order valence-electron chi connectivity index (χ2n) is 3.82. The molecule has 1 saturated heterocycles. The van der Waals surface area contributed by atoms with Crippen molar-refractivity contribution in [1.82, 2.24) is 10.2 Å². The smallest absolute Gasteiger partial charge is 0.245 e. The molecule has 0 bridgehead atoms. The van der Waals surface area contributed by atoms with E-state index in [4.69, 9.17) is 4.74 Å². The minimum Gasteiger partial charge on any atom is -0.377 e. The molecule has 1 atom stereocenters. The molecule has 92 valence electrons. The van der Waals surface area contributed by atoms with Crippen LogP contribution in [0.5, 0.6) is 0 Å². The summed E-state index contributed by atoms with van der Waals surface area (Å²) >= 11 is 0. The van der Waals surface area contributed by atoms with E-state index >= 15 is 0 Å². The lowest BCUT2D eigenvalue weighted by Gasteiger charge is -2.34. The topological polar surface area (TPSA) is 58.6 Å². The summed E-state index contributed by atoms with van der Waals surface area (Å²) in [6, 6.07) is -0.451. The van der Waals surface area contributed by atoms with Gasteiger partial charge in [0.15, 0.2) is 0 Å². The van der Waals surface area contributed by atoms with Crippen LogP contribution >= 0.6 is 0 Å². The van der Waals surface area contributed by atoms with Gasteiger partial charge < -0.3 is 15.0 Å². The molecule has 5 heteroatoms. The van der Waals surface area contributed by atoms with Gasteiger partial charge in [-0.15, -0.1) is 0 Å². The van der Waals surface area contributed by atoms with Crippen LogP contribution in [0.15, 0.2) is 0 Å². The summed E-state index contributed by atoms with van der Waals surface area (Å²) in [5.74, 6) is -0.0942. The van der Waals surface area contributed by atoms with Gasteiger partial charge in [0, 0.05) is 19.5 Å². The van der Waals surface area contributed by atoms with E-state index < -0.39 is 6.04 Å². The Bertz CT molecular complexity index is 256. The zero-order valence-corrected chi connectivity index (χ0v) is 9.99. The van der Waals surface area contributed by atoms with Gasteiger partial charge in [-0.2, -0.15) is 0 Å². The van der Waals surface area contributed by atoms with Gasteiger partial charge in [-0.1, -0.05) is 13.8 Å². The second kappa shape index (κ2) is 6.48. The van der Waals surface area contributed by atoms with Gasteiger partial charge in [-0.25, -0.2) is 0 Å². The van der Waals surface area contributed by atoms with E-state index in [1.807, 2.05) is 6.92 Å². The third-order valence-corrected chi connectivity index (χ3v) is 2.60. The summed E-state index contributed by atoms with van der Waals surface area (Å²) in [5, 5.41) is 2.80. The number of hydrogen-bond acceptors (Lipinski definition) is 3. The van der Waals surface area contributed by atoms with Gasteiger partial charge in [-0.3, -0.25) is 9.59 Å². The van der Waals surface area contributed by atoms with Crippen LogP contribution in [-0.2, 0) is 14.3 Å². The predicted octanol–water partition coefficient (Wildman–Crippen LogP) is 0.150. The molecule has 0 aliphatic carbocycles. The average Bonchev–Trinajstić information content (AvgIpc) is 2.35. The van der Waals surface area contributed by atoms with Crippen molar-refractivity contribution >= 4 is 11.8 Å². The molecule has 16 heavy (non-hydrogen) atoms. The summed E-state index contributed by atoms with van der Waals surface area (Å²) in [5.41, 5.74) is 0.